The molecule has 0 aromatic heterocycles. The van der Waals surface area contributed by atoms with E-state index in [2.05, 4.69) is 29.8 Å². The summed E-state index contributed by atoms with van der Waals surface area (Å²) in [5, 5.41) is 0. The Hall–Kier alpha value is -0.0500. The Morgan fingerprint density at radius 1 is 1.54 bits per heavy atom. The van der Waals surface area contributed by atoms with Crippen molar-refractivity contribution >= 4 is 21.8 Å². The minimum atomic E-state index is 0.233. The van der Waals surface area contributed by atoms with E-state index in [1.807, 2.05) is 11.9 Å². The molecule has 0 radical (unpaired) electrons. The Kier molecular flexibility index (Phi) is 3.77. The third kappa shape index (κ3) is 3.29. The summed E-state index contributed by atoms with van der Waals surface area (Å²) in [4.78, 5) is 14.0. The second-order valence-corrected chi connectivity index (χ2v) is 5.69. The Labute approximate surface area is 88.8 Å². The van der Waals surface area contributed by atoms with Crippen LogP contribution >= 0.6 is 15.9 Å². The molecule has 0 aromatic carbocycles. The number of hydrogen-bond acceptors (Lipinski definition) is 1. The highest BCUT2D eigenvalue weighted by Crippen LogP contribution is 2.37. The van der Waals surface area contributed by atoms with Crippen LogP contribution in [0.15, 0.2) is 0 Å². The van der Waals surface area contributed by atoms with Gasteiger partial charge in [-0.25, -0.2) is 0 Å². The molecule has 3 heteroatoms. The molecule has 1 aliphatic carbocycles. The second kappa shape index (κ2) is 4.45. The molecule has 1 amide bonds. The molecule has 0 aromatic rings. The average Bonchev–Trinajstić information content (AvgIpc) is 2.82. The summed E-state index contributed by atoms with van der Waals surface area (Å²) < 4.78 is 0. The van der Waals surface area contributed by atoms with E-state index < -0.39 is 0 Å². The van der Waals surface area contributed by atoms with Crippen LogP contribution in [0.4, 0.5) is 0 Å². The van der Waals surface area contributed by atoms with E-state index in [1.54, 1.807) is 0 Å². The highest BCUT2D eigenvalue weighted by atomic mass is 79.9. The van der Waals surface area contributed by atoms with Crippen molar-refractivity contribution in [3.63, 3.8) is 0 Å². The first-order valence-corrected chi connectivity index (χ1v) is 5.83. The molecule has 1 fully saturated rings. The van der Waals surface area contributed by atoms with Crippen LogP contribution < -0.4 is 0 Å². The lowest BCUT2D eigenvalue weighted by Crippen LogP contribution is -2.35. The molecule has 0 heterocycles. The minimum Gasteiger partial charge on any atom is -0.344 e. The van der Waals surface area contributed by atoms with E-state index in [1.165, 1.54) is 12.8 Å². The summed E-state index contributed by atoms with van der Waals surface area (Å²) in [6.07, 6.45) is 2.48. The molecular weight excluding hydrogens is 230 g/mol. The molecule has 0 spiro atoms. The lowest BCUT2D eigenvalue weighted by Gasteiger charge is -2.22. The zero-order chi connectivity index (χ0) is 10.0. The Bertz CT molecular complexity index is 189. The fraction of sp³-hybridized carbons (Fsp3) is 0.900. The van der Waals surface area contributed by atoms with E-state index in [0.29, 0.717) is 16.7 Å². The zero-order valence-corrected chi connectivity index (χ0v) is 10.2. The number of amides is 1. The first kappa shape index (κ1) is 11.0. The van der Waals surface area contributed by atoms with Gasteiger partial charge in [0.25, 0.3) is 0 Å². The van der Waals surface area contributed by atoms with Gasteiger partial charge >= 0.3 is 0 Å². The van der Waals surface area contributed by atoms with Gasteiger partial charge in [-0.2, -0.15) is 0 Å². The van der Waals surface area contributed by atoms with Gasteiger partial charge in [0.2, 0.25) is 5.91 Å². The van der Waals surface area contributed by atoms with Gasteiger partial charge in [-0.05, 0) is 18.8 Å². The van der Waals surface area contributed by atoms with E-state index in [-0.39, 0.29) is 5.92 Å². The van der Waals surface area contributed by atoms with Crippen molar-refractivity contribution in [3.8, 4) is 0 Å². The monoisotopic (exact) mass is 247 g/mol. The third-order valence-electron chi connectivity index (χ3n) is 2.62. The van der Waals surface area contributed by atoms with E-state index in [0.717, 1.165) is 6.54 Å². The smallest absolute Gasteiger partial charge is 0.225 e. The van der Waals surface area contributed by atoms with Crippen molar-refractivity contribution in [3.05, 3.63) is 0 Å². The molecule has 0 N–H and O–H groups in total. The predicted molar refractivity (Wildman–Crippen MR) is 57.9 cm³/mol. The van der Waals surface area contributed by atoms with Crippen LogP contribution in [0.25, 0.3) is 0 Å². The van der Waals surface area contributed by atoms with E-state index >= 15 is 0 Å². The molecule has 2 atom stereocenters. The summed E-state index contributed by atoms with van der Waals surface area (Å²) in [6, 6.07) is 0. The average molecular weight is 248 g/mol. The predicted octanol–water partition coefficient (Wildman–Crippen LogP) is 2.27. The highest BCUT2D eigenvalue weighted by Gasteiger charge is 2.33. The summed E-state index contributed by atoms with van der Waals surface area (Å²) in [6.45, 7) is 4.91. The van der Waals surface area contributed by atoms with Crippen LogP contribution in [0.2, 0.25) is 0 Å². The molecule has 0 aliphatic heterocycles. The van der Waals surface area contributed by atoms with Gasteiger partial charge in [-0.1, -0.05) is 29.8 Å². The van der Waals surface area contributed by atoms with Gasteiger partial charge in [-0.3, -0.25) is 4.79 Å². The molecule has 1 rings (SSSR count). The zero-order valence-electron chi connectivity index (χ0n) is 8.59. The molecule has 0 bridgehead atoms. The largest absolute Gasteiger partial charge is 0.344 e. The summed E-state index contributed by atoms with van der Waals surface area (Å²) in [5.41, 5.74) is 0. The molecule has 2 nitrogen and oxygen atoms in total. The van der Waals surface area contributed by atoms with Gasteiger partial charge in [0.1, 0.15) is 0 Å². The number of carbonyl (C=O) groups is 1. The van der Waals surface area contributed by atoms with Crippen molar-refractivity contribution in [2.24, 2.45) is 11.8 Å². The normalized spacial score (nSPS) is 20.9. The number of rotatable bonds is 4. The number of alkyl halides is 1. The van der Waals surface area contributed by atoms with E-state index in [9.17, 15) is 4.79 Å². The maximum absolute atomic E-state index is 11.8. The van der Waals surface area contributed by atoms with Crippen molar-refractivity contribution in [1.82, 2.24) is 4.90 Å². The number of carbonyl (C=O) groups excluding carboxylic acids is 1. The minimum absolute atomic E-state index is 0.233. The van der Waals surface area contributed by atoms with Crippen molar-refractivity contribution in [2.45, 2.75) is 31.5 Å². The molecule has 76 valence electrons. The molecule has 1 aliphatic rings. The van der Waals surface area contributed by atoms with Crippen LogP contribution in [-0.2, 0) is 4.79 Å². The number of nitrogens with zero attached hydrogens (tertiary/aromatic N) is 1. The van der Waals surface area contributed by atoms with Crippen LogP contribution in [-0.4, -0.2) is 29.2 Å². The van der Waals surface area contributed by atoms with Gasteiger partial charge < -0.3 is 4.90 Å². The van der Waals surface area contributed by atoms with Crippen molar-refractivity contribution < 1.29 is 4.79 Å². The topological polar surface area (TPSA) is 20.3 Å². The maximum atomic E-state index is 11.8. The van der Waals surface area contributed by atoms with Crippen molar-refractivity contribution in [2.75, 3.05) is 13.6 Å². The molecule has 2 unspecified atom stereocenters. The van der Waals surface area contributed by atoms with Gasteiger partial charge in [-0.15, -0.1) is 0 Å². The van der Waals surface area contributed by atoms with Gasteiger partial charge in [0.15, 0.2) is 0 Å². The first-order chi connectivity index (χ1) is 6.02. The maximum Gasteiger partial charge on any atom is 0.225 e. The van der Waals surface area contributed by atoms with Crippen molar-refractivity contribution in [1.29, 1.82) is 0 Å². The van der Waals surface area contributed by atoms with Crippen LogP contribution in [0, 0.1) is 11.8 Å². The Morgan fingerprint density at radius 3 is 2.46 bits per heavy atom. The molecule has 1 saturated carbocycles. The highest BCUT2D eigenvalue weighted by molar-refractivity contribution is 9.09. The van der Waals surface area contributed by atoms with E-state index in [4.69, 9.17) is 0 Å². The Balaban J connectivity index is 2.36. The molecule has 0 saturated heterocycles. The lowest BCUT2D eigenvalue weighted by atomic mass is 10.1. The Morgan fingerprint density at radius 2 is 2.08 bits per heavy atom. The van der Waals surface area contributed by atoms with Gasteiger partial charge in [0.05, 0.1) is 0 Å². The first-order valence-electron chi connectivity index (χ1n) is 4.91. The summed E-state index contributed by atoms with van der Waals surface area (Å²) in [5.74, 6) is 1.20. The fourth-order valence-electron chi connectivity index (χ4n) is 1.61. The van der Waals surface area contributed by atoms with Crippen LogP contribution in [0.1, 0.15) is 26.7 Å². The third-order valence-corrected chi connectivity index (χ3v) is 2.91. The van der Waals surface area contributed by atoms with Crippen LogP contribution in [0.3, 0.4) is 0 Å². The van der Waals surface area contributed by atoms with Gasteiger partial charge in [0, 0.05) is 24.3 Å². The standard InChI is InChI=1S/C10H18BrNO/c1-7(11)6-12(3)10(13)8(2)9-4-5-9/h7-9H,4-6H2,1-3H3. The quantitative estimate of drug-likeness (QED) is 0.699. The fourth-order valence-corrected chi connectivity index (χ4v) is 2.05. The SMILES string of the molecule is CC(Br)CN(C)C(=O)C(C)C1CC1. The summed E-state index contributed by atoms with van der Waals surface area (Å²) >= 11 is 3.45. The molecular formula is C10H18BrNO. The number of hydrogen-bond donors (Lipinski definition) is 0. The lowest BCUT2D eigenvalue weighted by molar-refractivity contribution is -0.134. The second-order valence-electron chi connectivity index (χ2n) is 4.13. The summed E-state index contributed by atoms with van der Waals surface area (Å²) in [7, 11) is 1.89. The molecule has 13 heavy (non-hydrogen) atoms. The van der Waals surface area contributed by atoms with Crippen LogP contribution in [0.5, 0.6) is 0 Å². The number of halogens is 1.